The Morgan fingerprint density at radius 3 is 2.52 bits per heavy atom. The molecule has 2 heterocycles. The summed E-state index contributed by atoms with van der Waals surface area (Å²) < 4.78 is 5.57. The van der Waals surface area contributed by atoms with Gasteiger partial charge < -0.3 is 9.52 Å². The average molecular weight is 363 g/mol. The Bertz CT molecular complexity index is 857. The van der Waals surface area contributed by atoms with Crippen LogP contribution in [0.1, 0.15) is 17.4 Å². The predicted molar refractivity (Wildman–Crippen MR) is 85.6 cm³/mol. The van der Waals surface area contributed by atoms with Crippen LogP contribution in [0.25, 0.3) is 6.08 Å². The van der Waals surface area contributed by atoms with E-state index in [2.05, 4.69) is 0 Å². The van der Waals surface area contributed by atoms with Crippen molar-refractivity contribution in [1.82, 2.24) is 10.6 Å². The van der Waals surface area contributed by atoms with Crippen molar-refractivity contribution in [3.63, 3.8) is 0 Å². The van der Waals surface area contributed by atoms with Gasteiger partial charge in [-0.2, -0.15) is 0 Å². The number of carboxylic acids is 1. The maximum atomic E-state index is 11.7. The van der Waals surface area contributed by atoms with Gasteiger partial charge in [0.15, 0.2) is 0 Å². The average Bonchev–Trinajstić information content (AvgIpc) is 2.99. The predicted octanol–water partition coefficient (Wildman–Crippen LogP) is 1.30. The molecule has 2 aliphatic rings. The quantitative estimate of drug-likeness (QED) is 0.422. The molecule has 0 spiro atoms. The lowest BCUT2D eigenvalue weighted by atomic mass is 9.93. The standard InChI is InChI=1S/C16H11ClN2O6/c17-11-3-1-7(15(22)23)5-9(11)12-4-2-8(25-12)6-10-13(20)18-16(24)19-14(10)21/h1-6,9,11H,(H,22,23)(H2,18,19,20,21,24). The Balaban J connectivity index is 1.88. The molecule has 1 aromatic rings. The van der Waals surface area contributed by atoms with Gasteiger partial charge in [0, 0.05) is 0 Å². The molecule has 0 bridgehead atoms. The van der Waals surface area contributed by atoms with Crippen molar-refractivity contribution < 1.29 is 28.7 Å². The lowest BCUT2D eigenvalue weighted by Gasteiger charge is -2.18. The second-order valence-electron chi connectivity index (χ2n) is 5.29. The first kappa shape index (κ1) is 16.7. The maximum absolute atomic E-state index is 11.7. The van der Waals surface area contributed by atoms with Crippen LogP contribution in [-0.2, 0) is 14.4 Å². The van der Waals surface area contributed by atoms with Gasteiger partial charge in [-0.15, -0.1) is 11.6 Å². The minimum atomic E-state index is -1.08. The van der Waals surface area contributed by atoms with E-state index in [4.69, 9.17) is 21.1 Å². The molecule has 128 valence electrons. The van der Waals surface area contributed by atoms with E-state index in [0.29, 0.717) is 5.76 Å². The van der Waals surface area contributed by atoms with Crippen LogP contribution in [0.2, 0.25) is 0 Å². The van der Waals surface area contributed by atoms with E-state index in [-0.39, 0.29) is 16.9 Å². The molecule has 0 saturated carbocycles. The number of carbonyl (C=O) groups excluding carboxylic acids is 3. The maximum Gasteiger partial charge on any atom is 0.335 e. The molecule has 2 unspecified atom stereocenters. The number of furan rings is 1. The zero-order valence-corrected chi connectivity index (χ0v) is 13.2. The van der Waals surface area contributed by atoms with E-state index in [1.54, 1.807) is 12.1 Å². The number of rotatable bonds is 3. The number of allylic oxidation sites excluding steroid dienone is 2. The summed E-state index contributed by atoms with van der Waals surface area (Å²) >= 11 is 6.19. The van der Waals surface area contributed by atoms with Crippen LogP contribution in [0, 0.1) is 0 Å². The van der Waals surface area contributed by atoms with Gasteiger partial charge in [0.25, 0.3) is 11.8 Å². The van der Waals surface area contributed by atoms with Crippen LogP contribution in [0.15, 0.2) is 45.9 Å². The van der Waals surface area contributed by atoms with E-state index in [0.717, 1.165) is 0 Å². The minimum absolute atomic E-state index is 0.0859. The number of carbonyl (C=O) groups is 4. The summed E-state index contributed by atoms with van der Waals surface area (Å²) in [5, 5.41) is 12.5. The summed E-state index contributed by atoms with van der Waals surface area (Å²) in [5.41, 5.74) is -0.198. The van der Waals surface area contributed by atoms with Crippen molar-refractivity contribution in [2.45, 2.75) is 11.3 Å². The SMILES string of the molecule is O=C1NC(=O)C(=Cc2ccc(C3C=C(C(=O)O)C=CC3Cl)o2)C(=O)N1. The van der Waals surface area contributed by atoms with Gasteiger partial charge in [0.1, 0.15) is 17.1 Å². The van der Waals surface area contributed by atoms with E-state index in [1.165, 1.54) is 24.3 Å². The molecule has 4 amide bonds. The summed E-state index contributed by atoms with van der Waals surface area (Å²) in [6.07, 6.45) is 5.61. The number of nitrogens with one attached hydrogen (secondary N) is 2. The smallest absolute Gasteiger partial charge is 0.335 e. The molecule has 25 heavy (non-hydrogen) atoms. The van der Waals surface area contributed by atoms with Gasteiger partial charge in [-0.25, -0.2) is 9.59 Å². The third kappa shape index (κ3) is 3.38. The largest absolute Gasteiger partial charge is 0.478 e. The van der Waals surface area contributed by atoms with Crippen LogP contribution >= 0.6 is 11.6 Å². The molecular weight excluding hydrogens is 352 g/mol. The number of imide groups is 2. The number of barbiturate groups is 1. The third-order valence-corrected chi connectivity index (χ3v) is 4.03. The van der Waals surface area contributed by atoms with Crippen molar-refractivity contribution in [2.24, 2.45) is 0 Å². The zero-order chi connectivity index (χ0) is 18.1. The lowest BCUT2D eigenvalue weighted by Crippen LogP contribution is -2.51. The monoisotopic (exact) mass is 362 g/mol. The number of hydrogen-bond donors (Lipinski definition) is 3. The Kier molecular flexibility index (Phi) is 4.28. The first-order valence-electron chi connectivity index (χ1n) is 7.10. The highest BCUT2D eigenvalue weighted by Gasteiger charge is 2.29. The van der Waals surface area contributed by atoms with E-state index >= 15 is 0 Å². The highest BCUT2D eigenvalue weighted by Crippen LogP contribution is 2.32. The van der Waals surface area contributed by atoms with E-state index in [1.807, 2.05) is 10.6 Å². The lowest BCUT2D eigenvalue weighted by molar-refractivity contribution is -0.132. The van der Waals surface area contributed by atoms with Crippen molar-refractivity contribution >= 4 is 41.5 Å². The third-order valence-electron chi connectivity index (χ3n) is 3.61. The number of carboxylic acid groups (broad SMARTS) is 1. The van der Waals surface area contributed by atoms with Gasteiger partial charge in [-0.3, -0.25) is 20.2 Å². The van der Waals surface area contributed by atoms with Crippen LogP contribution in [0.3, 0.4) is 0 Å². The second-order valence-corrected chi connectivity index (χ2v) is 5.80. The zero-order valence-electron chi connectivity index (χ0n) is 12.5. The van der Waals surface area contributed by atoms with Crippen molar-refractivity contribution in [1.29, 1.82) is 0 Å². The van der Waals surface area contributed by atoms with E-state index in [9.17, 15) is 19.2 Å². The van der Waals surface area contributed by atoms with Gasteiger partial charge >= 0.3 is 12.0 Å². The Morgan fingerprint density at radius 1 is 1.20 bits per heavy atom. The molecule has 1 aliphatic heterocycles. The molecule has 3 N–H and O–H groups in total. The molecule has 0 aromatic carbocycles. The molecule has 0 radical (unpaired) electrons. The van der Waals surface area contributed by atoms with Gasteiger partial charge in [0.2, 0.25) is 0 Å². The number of amides is 4. The van der Waals surface area contributed by atoms with Crippen molar-refractivity contribution in [2.75, 3.05) is 0 Å². The molecule has 1 aliphatic carbocycles. The van der Waals surface area contributed by atoms with Crippen LogP contribution in [-0.4, -0.2) is 34.3 Å². The molecule has 9 heteroatoms. The number of urea groups is 1. The van der Waals surface area contributed by atoms with Gasteiger partial charge in [-0.05, 0) is 18.2 Å². The van der Waals surface area contributed by atoms with Crippen LogP contribution < -0.4 is 10.6 Å². The first-order chi connectivity index (χ1) is 11.8. The van der Waals surface area contributed by atoms with Crippen LogP contribution in [0.4, 0.5) is 4.79 Å². The van der Waals surface area contributed by atoms with Crippen molar-refractivity contribution in [3.05, 3.63) is 53.0 Å². The minimum Gasteiger partial charge on any atom is -0.478 e. The topological polar surface area (TPSA) is 126 Å². The van der Waals surface area contributed by atoms with E-state index < -0.39 is 35.1 Å². The van der Waals surface area contributed by atoms with Crippen molar-refractivity contribution in [3.8, 4) is 0 Å². The second kappa shape index (κ2) is 6.40. The number of hydrogen-bond acceptors (Lipinski definition) is 5. The summed E-state index contributed by atoms with van der Waals surface area (Å²) in [4.78, 5) is 45.5. The molecule has 1 fully saturated rings. The van der Waals surface area contributed by atoms with Gasteiger partial charge in [0.05, 0.1) is 16.9 Å². The number of aliphatic carboxylic acids is 1. The fourth-order valence-corrected chi connectivity index (χ4v) is 2.68. The first-order valence-corrected chi connectivity index (χ1v) is 7.54. The normalized spacial score (nSPS) is 23.0. The summed E-state index contributed by atoms with van der Waals surface area (Å²) in [6.45, 7) is 0. The molecule has 1 aromatic heterocycles. The molecular formula is C16H11ClN2O6. The number of halogens is 1. The Hall–Kier alpha value is -3.13. The summed E-state index contributed by atoms with van der Waals surface area (Å²) in [6, 6.07) is 2.19. The Labute approximate surface area is 145 Å². The number of alkyl halides is 1. The highest BCUT2D eigenvalue weighted by molar-refractivity contribution is 6.31. The molecule has 2 atom stereocenters. The molecule has 8 nitrogen and oxygen atoms in total. The summed E-state index contributed by atoms with van der Waals surface area (Å²) in [5.74, 6) is -2.71. The van der Waals surface area contributed by atoms with Crippen LogP contribution in [0.5, 0.6) is 0 Å². The molecule has 1 saturated heterocycles. The summed E-state index contributed by atoms with van der Waals surface area (Å²) in [7, 11) is 0. The highest BCUT2D eigenvalue weighted by atomic mass is 35.5. The fourth-order valence-electron chi connectivity index (χ4n) is 2.41. The Morgan fingerprint density at radius 2 is 1.88 bits per heavy atom. The molecule has 3 rings (SSSR count). The van der Waals surface area contributed by atoms with Gasteiger partial charge in [-0.1, -0.05) is 18.2 Å². The fraction of sp³-hybridized carbons (Fsp3) is 0.125.